The van der Waals surface area contributed by atoms with Crippen LogP contribution in [0, 0.1) is 23.2 Å². The van der Waals surface area contributed by atoms with Crippen molar-refractivity contribution in [3.8, 4) is 0 Å². The Kier molecular flexibility index (Phi) is 3.09. The minimum absolute atomic E-state index is 0.0413. The minimum Gasteiger partial charge on any atom is -0.348 e. The Morgan fingerprint density at radius 2 is 2.17 bits per heavy atom. The fourth-order valence-corrected chi connectivity index (χ4v) is 4.97. The normalized spacial score (nSPS) is 31.7. The van der Waals surface area contributed by atoms with E-state index in [1.165, 1.54) is 6.42 Å². The Morgan fingerprint density at radius 1 is 1.39 bits per heavy atom. The number of nitrogens with one attached hydrogen (secondary N) is 1. The molecule has 2 aromatic heterocycles. The molecule has 3 saturated carbocycles. The summed E-state index contributed by atoms with van der Waals surface area (Å²) in [5, 5.41) is 4.37. The molecule has 4 nitrogen and oxygen atoms in total. The molecule has 2 heterocycles. The first-order valence-electron chi connectivity index (χ1n) is 8.60. The smallest absolute Gasteiger partial charge is 0.268 e. The molecular weight excluding hydrogens is 286 g/mol. The fraction of sp³-hybridized carbons (Fsp3) is 0.579. The van der Waals surface area contributed by atoms with Crippen molar-refractivity contribution in [3.05, 3.63) is 30.2 Å². The van der Waals surface area contributed by atoms with Crippen LogP contribution in [0.5, 0.6) is 0 Å². The van der Waals surface area contributed by atoms with E-state index in [0.717, 1.165) is 34.9 Å². The van der Waals surface area contributed by atoms with Crippen LogP contribution in [-0.4, -0.2) is 21.5 Å². The fourth-order valence-electron chi connectivity index (χ4n) is 4.97. The van der Waals surface area contributed by atoms with Gasteiger partial charge in [0.1, 0.15) is 5.69 Å². The molecule has 0 aliphatic heterocycles. The quantitative estimate of drug-likeness (QED) is 0.924. The van der Waals surface area contributed by atoms with Crippen molar-refractivity contribution in [2.45, 2.75) is 39.7 Å². The van der Waals surface area contributed by atoms with Crippen LogP contribution in [0.4, 0.5) is 0 Å². The number of nitrogens with zero attached hydrogens (tertiary/aromatic N) is 2. The summed E-state index contributed by atoms with van der Waals surface area (Å²) in [6.45, 7) is 7.08. The Hall–Kier alpha value is -1.84. The standard InChI is InChI=1S/C19H25N3O/c1-11-14-8-13(19(14,2)3)9-15(11)21-18(23)16-7-12-5-6-20-10-17(12)22(16)4/h5-7,10-11,13-15H,8-9H2,1-4H3,(H,21,23)/t11-,13+,14-,15-/m0/s1. The molecular formula is C19H25N3O. The van der Waals surface area contributed by atoms with E-state index in [2.05, 4.69) is 31.1 Å². The number of hydrogen-bond acceptors (Lipinski definition) is 2. The van der Waals surface area contributed by atoms with Gasteiger partial charge in [-0.3, -0.25) is 9.78 Å². The van der Waals surface area contributed by atoms with Crippen LogP contribution >= 0.6 is 0 Å². The molecule has 5 rings (SSSR count). The Labute approximate surface area is 137 Å². The minimum atomic E-state index is 0.0413. The number of carbonyl (C=O) groups excluding carboxylic acids is 1. The highest BCUT2D eigenvalue weighted by Crippen LogP contribution is 2.61. The van der Waals surface area contributed by atoms with Crippen LogP contribution in [0.3, 0.4) is 0 Å². The summed E-state index contributed by atoms with van der Waals surface area (Å²) in [5.74, 6) is 2.09. The number of rotatable bonds is 2. The first-order valence-corrected chi connectivity index (χ1v) is 8.60. The number of pyridine rings is 1. The zero-order chi connectivity index (χ0) is 16.4. The van der Waals surface area contributed by atoms with Gasteiger partial charge in [-0.25, -0.2) is 0 Å². The van der Waals surface area contributed by atoms with Crippen LogP contribution < -0.4 is 5.32 Å². The van der Waals surface area contributed by atoms with Crippen molar-refractivity contribution in [1.82, 2.24) is 14.9 Å². The first-order chi connectivity index (χ1) is 10.9. The molecule has 3 aliphatic carbocycles. The van der Waals surface area contributed by atoms with E-state index in [0.29, 0.717) is 17.4 Å². The highest BCUT2D eigenvalue weighted by Gasteiger charge is 2.56. The lowest BCUT2D eigenvalue weighted by Gasteiger charge is -2.62. The molecule has 1 amide bonds. The summed E-state index contributed by atoms with van der Waals surface area (Å²) >= 11 is 0. The molecule has 4 atom stereocenters. The van der Waals surface area contributed by atoms with Crippen molar-refractivity contribution in [3.63, 3.8) is 0 Å². The van der Waals surface area contributed by atoms with Crippen molar-refractivity contribution in [2.75, 3.05) is 0 Å². The number of aryl methyl sites for hydroxylation is 1. The molecule has 3 fully saturated rings. The first kappa shape index (κ1) is 14.7. The van der Waals surface area contributed by atoms with Gasteiger partial charge in [0.05, 0.1) is 11.7 Å². The van der Waals surface area contributed by atoms with Crippen LogP contribution in [0.15, 0.2) is 24.5 Å². The van der Waals surface area contributed by atoms with E-state index in [-0.39, 0.29) is 5.91 Å². The number of fused-ring (bicyclic) bond motifs is 3. The Balaban J connectivity index is 1.55. The van der Waals surface area contributed by atoms with Gasteiger partial charge in [0.25, 0.3) is 5.91 Å². The summed E-state index contributed by atoms with van der Waals surface area (Å²) in [4.78, 5) is 16.9. The molecule has 4 heteroatoms. The highest BCUT2D eigenvalue weighted by molar-refractivity contribution is 5.98. The summed E-state index contributed by atoms with van der Waals surface area (Å²) in [5.41, 5.74) is 2.17. The Morgan fingerprint density at radius 3 is 2.83 bits per heavy atom. The van der Waals surface area contributed by atoms with Gasteiger partial charge in [0, 0.05) is 24.7 Å². The number of amides is 1. The van der Waals surface area contributed by atoms with Gasteiger partial charge in [-0.2, -0.15) is 0 Å². The molecule has 1 N–H and O–H groups in total. The predicted molar refractivity (Wildman–Crippen MR) is 91.1 cm³/mol. The zero-order valence-electron chi connectivity index (χ0n) is 14.3. The van der Waals surface area contributed by atoms with Crippen LogP contribution in [-0.2, 0) is 7.05 Å². The third-order valence-corrected chi connectivity index (χ3v) is 6.75. The number of aromatic nitrogens is 2. The third kappa shape index (κ3) is 2.03. The van der Waals surface area contributed by atoms with Crippen LogP contribution in [0.1, 0.15) is 44.1 Å². The van der Waals surface area contributed by atoms with E-state index in [1.54, 1.807) is 6.20 Å². The summed E-state index contributed by atoms with van der Waals surface area (Å²) in [6.07, 6.45) is 6.03. The average molecular weight is 311 g/mol. The maximum Gasteiger partial charge on any atom is 0.268 e. The van der Waals surface area contributed by atoms with Crippen molar-refractivity contribution >= 4 is 16.8 Å². The molecule has 3 aliphatic rings. The molecule has 2 aromatic rings. The highest BCUT2D eigenvalue weighted by atomic mass is 16.2. The van der Waals surface area contributed by atoms with Gasteiger partial charge in [0.15, 0.2) is 0 Å². The Bertz CT molecular complexity index is 776. The van der Waals surface area contributed by atoms with E-state index >= 15 is 0 Å². The van der Waals surface area contributed by atoms with Gasteiger partial charge in [-0.15, -0.1) is 0 Å². The summed E-state index contributed by atoms with van der Waals surface area (Å²) in [6, 6.07) is 4.22. The second-order valence-electron chi connectivity index (χ2n) is 8.06. The van der Waals surface area contributed by atoms with E-state index in [4.69, 9.17) is 0 Å². The van der Waals surface area contributed by atoms with Gasteiger partial charge >= 0.3 is 0 Å². The van der Waals surface area contributed by atoms with Gasteiger partial charge in [-0.1, -0.05) is 20.8 Å². The third-order valence-electron chi connectivity index (χ3n) is 6.75. The second kappa shape index (κ2) is 4.83. The average Bonchev–Trinajstić information content (AvgIpc) is 2.86. The van der Waals surface area contributed by atoms with Gasteiger partial charge < -0.3 is 9.88 Å². The summed E-state index contributed by atoms with van der Waals surface area (Å²) < 4.78 is 1.94. The molecule has 23 heavy (non-hydrogen) atoms. The molecule has 0 aromatic carbocycles. The molecule has 2 bridgehead atoms. The topological polar surface area (TPSA) is 46.9 Å². The number of hydrogen-bond donors (Lipinski definition) is 1. The SMILES string of the molecule is C[C@@H]1[C@@H](NC(=O)c2cc3ccncc3n2C)C[C@H]2C[C@@H]1C2(C)C. The van der Waals surface area contributed by atoms with Crippen molar-refractivity contribution in [1.29, 1.82) is 0 Å². The van der Waals surface area contributed by atoms with E-state index in [9.17, 15) is 4.79 Å². The monoisotopic (exact) mass is 311 g/mol. The van der Waals surface area contributed by atoms with Crippen molar-refractivity contribution in [2.24, 2.45) is 30.2 Å². The van der Waals surface area contributed by atoms with Crippen LogP contribution in [0.2, 0.25) is 0 Å². The predicted octanol–water partition coefficient (Wildman–Crippen LogP) is 3.37. The largest absolute Gasteiger partial charge is 0.348 e. The van der Waals surface area contributed by atoms with Gasteiger partial charge in [-0.05, 0) is 48.1 Å². The lowest BCUT2D eigenvalue weighted by atomic mass is 9.45. The lowest BCUT2D eigenvalue weighted by Crippen LogP contribution is -2.60. The zero-order valence-corrected chi connectivity index (χ0v) is 14.3. The van der Waals surface area contributed by atoms with Crippen molar-refractivity contribution < 1.29 is 4.79 Å². The molecule has 122 valence electrons. The molecule has 0 saturated heterocycles. The molecule has 0 radical (unpaired) electrons. The van der Waals surface area contributed by atoms with Gasteiger partial charge in [0.2, 0.25) is 0 Å². The maximum atomic E-state index is 12.8. The maximum absolute atomic E-state index is 12.8. The van der Waals surface area contributed by atoms with E-state index < -0.39 is 0 Å². The molecule has 0 spiro atoms. The van der Waals surface area contributed by atoms with E-state index in [1.807, 2.05) is 29.9 Å². The molecule has 0 unspecified atom stereocenters. The lowest BCUT2D eigenvalue weighted by molar-refractivity contribution is -0.113. The summed E-state index contributed by atoms with van der Waals surface area (Å²) in [7, 11) is 1.93. The van der Waals surface area contributed by atoms with Crippen LogP contribution in [0.25, 0.3) is 10.9 Å². The second-order valence-corrected chi connectivity index (χ2v) is 8.06. The number of carbonyl (C=O) groups is 1.